The maximum atomic E-state index is 11.1. The number of nitrogens with zero attached hydrogens (tertiary/aromatic N) is 1. The standard InChI is InChI=1S/C14H19ClN2O3/c1-2-20-12-4-3-10(7-11(12)15)8-17-6-5-14(16,9-17)13(18)19/h3-4,7H,2,5-6,8-9,16H2,1H3,(H,18,19)/t14-/m1/s1. The summed E-state index contributed by atoms with van der Waals surface area (Å²) in [6.45, 7) is 4.14. The zero-order chi connectivity index (χ0) is 14.8. The van der Waals surface area contributed by atoms with Crippen LogP contribution < -0.4 is 10.5 Å². The minimum atomic E-state index is -1.13. The summed E-state index contributed by atoms with van der Waals surface area (Å²) in [4.78, 5) is 13.1. The average molecular weight is 299 g/mol. The fourth-order valence-corrected chi connectivity index (χ4v) is 2.66. The van der Waals surface area contributed by atoms with Gasteiger partial charge in [-0.1, -0.05) is 17.7 Å². The Kier molecular flexibility index (Phi) is 4.52. The molecule has 3 N–H and O–H groups in total. The van der Waals surface area contributed by atoms with E-state index >= 15 is 0 Å². The van der Waals surface area contributed by atoms with Gasteiger partial charge in [-0.15, -0.1) is 0 Å². The number of hydrogen-bond acceptors (Lipinski definition) is 4. The lowest BCUT2D eigenvalue weighted by Gasteiger charge is -2.20. The second-order valence-corrected chi connectivity index (χ2v) is 5.53. The van der Waals surface area contributed by atoms with Crippen LogP contribution in [-0.2, 0) is 11.3 Å². The van der Waals surface area contributed by atoms with E-state index < -0.39 is 11.5 Å². The van der Waals surface area contributed by atoms with Crippen LogP contribution in [0.3, 0.4) is 0 Å². The molecule has 6 heteroatoms. The Morgan fingerprint density at radius 3 is 2.90 bits per heavy atom. The van der Waals surface area contributed by atoms with Crippen molar-refractivity contribution < 1.29 is 14.6 Å². The summed E-state index contributed by atoms with van der Waals surface area (Å²) in [5.41, 5.74) is 5.74. The molecule has 0 aromatic heterocycles. The molecule has 5 nitrogen and oxygen atoms in total. The third kappa shape index (κ3) is 3.23. The van der Waals surface area contributed by atoms with E-state index in [-0.39, 0.29) is 0 Å². The van der Waals surface area contributed by atoms with Gasteiger partial charge in [0.1, 0.15) is 11.3 Å². The first-order valence-corrected chi connectivity index (χ1v) is 6.98. The van der Waals surface area contributed by atoms with E-state index in [4.69, 9.17) is 27.2 Å². The SMILES string of the molecule is CCOc1ccc(CN2CC[C@](N)(C(=O)O)C2)cc1Cl. The number of halogens is 1. The summed E-state index contributed by atoms with van der Waals surface area (Å²) < 4.78 is 5.38. The molecular weight excluding hydrogens is 280 g/mol. The summed E-state index contributed by atoms with van der Waals surface area (Å²) in [6.07, 6.45) is 0.465. The Labute approximate surface area is 123 Å². The molecule has 2 rings (SSSR count). The van der Waals surface area contributed by atoms with Gasteiger partial charge >= 0.3 is 5.97 Å². The maximum absolute atomic E-state index is 11.1. The molecule has 0 amide bonds. The van der Waals surface area contributed by atoms with Crippen molar-refractivity contribution in [2.75, 3.05) is 19.7 Å². The van der Waals surface area contributed by atoms with Crippen LogP contribution in [0, 0.1) is 0 Å². The van der Waals surface area contributed by atoms with Gasteiger partial charge in [0.2, 0.25) is 0 Å². The van der Waals surface area contributed by atoms with Crippen LogP contribution >= 0.6 is 11.6 Å². The van der Waals surface area contributed by atoms with Crippen molar-refractivity contribution in [1.29, 1.82) is 0 Å². The van der Waals surface area contributed by atoms with Crippen molar-refractivity contribution in [3.05, 3.63) is 28.8 Å². The van der Waals surface area contributed by atoms with E-state index in [1.807, 2.05) is 30.0 Å². The first kappa shape index (κ1) is 15.1. The highest BCUT2D eigenvalue weighted by molar-refractivity contribution is 6.32. The number of hydrogen-bond donors (Lipinski definition) is 2. The number of rotatable bonds is 5. The second kappa shape index (κ2) is 5.99. The predicted molar refractivity (Wildman–Crippen MR) is 77.1 cm³/mol. The molecule has 1 aromatic carbocycles. The van der Waals surface area contributed by atoms with Crippen molar-refractivity contribution in [2.45, 2.75) is 25.4 Å². The highest BCUT2D eigenvalue weighted by atomic mass is 35.5. The summed E-state index contributed by atoms with van der Waals surface area (Å²) in [5.74, 6) is -0.275. The average Bonchev–Trinajstić information content (AvgIpc) is 2.76. The van der Waals surface area contributed by atoms with Crippen molar-refractivity contribution >= 4 is 17.6 Å². The van der Waals surface area contributed by atoms with Gasteiger partial charge in [0.25, 0.3) is 0 Å². The second-order valence-electron chi connectivity index (χ2n) is 5.12. The van der Waals surface area contributed by atoms with Crippen LogP contribution in [0.5, 0.6) is 5.75 Å². The molecule has 0 aliphatic carbocycles. The number of likely N-dealkylation sites (tertiary alicyclic amines) is 1. The Balaban J connectivity index is 2.01. The molecule has 1 heterocycles. The molecule has 110 valence electrons. The molecular formula is C14H19ClN2O3. The Bertz CT molecular complexity index is 509. The third-order valence-corrected chi connectivity index (χ3v) is 3.80. The molecule has 1 saturated heterocycles. The lowest BCUT2D eigenvalue weighted by atomic mass is 10.0. The van der Waals surface area contributed by atoms with Crippen LogP contribution in [0.15, 0.2) is 18.2 Å². The number of ether oxygens (including phenoxy) is 1. The van der Waals surface area contributed by atoms with Crippen molar-refractivity contribution in [1.82, 2.24) is 4.90 Å². The Morgan fingerprint density at radius 2 is 2.35 bits per heavy atom. The highest BCUT2D eigenvalue weighted by Gasteiger charge is 2.41. The molecule has 1 fully saturated rings. The van der Waals surface area contributed by atoms with Crippen molar-refractivity contribution in [3.63, 3.8) is 0 Å². The van der Waals surface area contributed by atoms with Gasteiger partial charge in [-0.25, -0.2) is 0 Å². The normalized spacial score (nSPS) is 22.9. The molecule has 0 radical (unpaired) electrons. The fraction of sp³-hybridized carbons (Fsp3) is 0.500. The number of aliphatic carboxylic acids is 1. The molecule has 0 bridgehead atoms. The predicted octanol–water partition coefficient (Wildman–Crippen LogP) is 1.73. The Hall–Kier alpha value is -1.30. The van der Waals surface area contributed by atoms with Gasteiger partial charge in [0.05, 0.1) is 11.6 Å². The number of nitrogens with two attached hydrogens (primary N) is 1. The van der Waals surface area contributed by atoms with Gasteiger partial charge < -0.3 is 15.6 Å². The minimum absolute atomic E-state index is 0.354. The van der Waals surface area contributed by atoms with Gasteiger partial charge in [-0.3, -0.25) is 9.69 Å². The number of benzene rings is 1. The smallest absolute Gasteiger partial charge is 0.325 e. The quantitative estimate of drug-likeness (QED) is 0.866. The van der Waals surface area contributed by atoms with E-state index in [9.17, 15) is 4.79 Å². The number of carbonyl (C=O) groups is 1. The molecule has 0 spiro atoms. The van der Waals surface area contributed by atoms with E-state index in [0.717, 1.165) is 5.56 Å². The number of carboxylic acid groups (broad SMARTS) is 1. The Morgan fingerprint density at radius 1 is 1.60 bits per heavy atom. The third-order valence-electron chi connectivity index (χ3n) is 3.51. The van der Waals surface area contributed by atoms with Gasteiger partial charge in [-0.2, -0.15) is 0 Å². The lowest BCUT2D eigenvalue weighted by molar-refractivity contribution is -0.142. The largest absolute Gasteiger partial charge is 0.492 e. The fourth-order valence-electron chi connectivity index (χ4n) is 2.40. The van der Waals surface area contributed by atoms with E-state index in [1.54, 1.807) is 0 Å². The van der Waals surface area contributed by atoms with Crippen LogP contribution in [0.25, 0.3) is 0 Å². The highest BCUT2D eigenvalue weighted by Crippen LogP contribution is 2.27. The first-order chi connectivity index (χ1) is 9.44. The molecule has 1 aromatic rings. The monoisotopic (exact) mass is 298 g/mol. The topological polar surface area (TPSA) is 75.8 Å². The number of carboxylic acids is 1. The molecule has 0 saturated carbocycles. The van der Waals surface area contributed by atoms with Gasteiger partial charge in [-0.05, 0) is 31.0 Å². The molecule has 0 unspecified atom stereocenters. The molecule has 20 heavy (non-hydrogen) atoms. The van der Waals surface area contributed by atoms with E-state index in [2.05, 4.69) is 0 Å². The zero-order valence-corrected chi connectivity index (χ0v) is 12.2. The summed E-state index contributed by atoms with van der Waals surface area (Å²) in [7, 11) is 0. The molecule has 1 aliphatic rings. The van der Waals surface area contributed by atoms with Crippen molar-refractivity contribution in [2.24, 2.45) is 5.73 Å². The van der Waals surface area contributed by atoms with E-state index in [1.165, 1.54) is 0 Å². The van der Waals surface area contributed by atoms with E-state index in [0.29, 0.717) is 43.4 Å². The zero-order valence-electron chi connectivity index (χ0n) is 11.4. The summed E-state index contributed by atoms with van der Waals surface area (Å²) in [5, 5.41) is 9.68. The summed E-state index contributed by atoms with van der Waals surface area (Å²) >= 11 is 6.14. The van der Waals surface area contributed by atoms with Crippen LogP contribution in [-0.4, -0.2) is 41.2 Å². The molecule has 1 atom stereocenters. The van der Waals surface area contributed by atoms with Crippen LogP contribution in [0.1, 0.15) is 18.9 Å². The minimum Gasteiger partial charge on any atom is -0.492 e. The van der Waals surface area contributed by atoms with Crippen LogP contribution in [0.4, 0.5) is 0 Å². The summed E-state index contributed by atoms with van der Waals surface area (Å²) in [6, 6.07) is 5.63. The molecule has 1 aliphatic heterocycles. The maximum Gasteiger partial charge on any atom is 0.325 e. The first-order valence-electron chi connectivity index (χ1n) is 6.60. The lowest BCUT2D eigenvalue weighted by Crippen LogP contribution is -2.50. The van der Waals surface area contributed by atoms with Gasteiger partial charge in [0.15, 0.2) is 0 Å². The van der Waals surface area contributed by atoms with Crippen LogP contribution in [0.2, 0.25) is 5.02 Å². The van der Waals surface area contributed by atoms with Crippen molar-refractivity contribution in [3.8, 4) is 5.75 Å². The van der Waals surface area contributed by atoms with Gasteiger partial charge in [0, 0.05) is 19.6 Å².